The molecule has 2 aromatic heterocycles. The number of Topliss-reactive ketones (excluding diaryl/α,β-unsaturated/α-hetero) is 1. The van der Waals surface area contributed by atoms with E-state index in [1.807, 2.05) is 60.7 Å². The third kappa shape index (κ3) is 3.54. The van der Waals surface area contributed by atoms with Gasteiger partial charge in [0.15, 0.2) is 18.2 Å². The molecule has 140 valence electrons. The lowest BCUT2D eigenvalue weighted by Gasteiger charge is -2.02. The lowest BCUT2D eigenvalue weighted by Crippen LogP contribution is -2.37. The van der Waals surface area contributed by atoms with Gasteiger partial charge >= 0.3 is 0 Å². The molecule has 0 aliphatic rings. The van der Waals surface area contributed by atoms with Gasteiger partial charge in [-0.3, -0.25) is 4.79 Å². The molecule has 0 saturated heterocycles. The lowest BCUT2D eigenvalue weighted by atomic mass is 10.1. The molecule has 0 aliphatic heterocycles. The summed E-state index contributed by atoms with van der Waals surface area (Å²) in [5, 5.41) is 15.7. The van der Waals surface area contributed by atoms with E-state index in [0.29, 0.717) is 5.16 Å². The smallest absolute Gasteiger partial charge is 0.300 e. The fraction of sp³-hybridized carbons (Fsp3) is 0.100. The van der Waals surface area contributed by atoms with Crippen molar-refractivity contribution in [1.29, 1.82) is 0 Å². The first-order valence-corrected chi connectivity index (χ1v) is 9.52. The zero-order valence-corrected chi connectivity index (χ0v) is 15.8. The van der Waals surface area contributed by atoms with E-state index in [1.54, 1.807) is 0 Å². The number of thioether (sulfide) groups is 1. The number of carbonyl (C=O) groups is 1. The van der Waals surface area contributed by atoms with E-state index < -0.39 is 5.95 Å². The molecule has 0 fully saturated rings. The minimum absolute atomic E-state index is 0.0419. The van der Waals surface area contributed by atoms with Crippen LogP contribution in [0, 0.1) is 0 Å². The molecule has 28 heavy (non-hydrogen) atoms. The van der Waals surface area contributed by atoms with Crippen LogP contribution in [0.2, 0.25) is 0 Å². The van der Waals surface area contributed by atoms with E-state index in [0.717, 1.165) is 27.2 Å². The predicted molar refractivity (Wildman–Crippen MR) is 102 cm³/mol. The molecule has 4 aromatic rings. The lowest BCUT2D eigenvalue weighted by molar-refractivity contribution is -0.741. The maximum Gasteiger partial charge on any atom is 0.300 e. The Balaban J connectivity index is 1.63. The predicted octanol–water partition coefficient (Wildman–Crippen LogP) is 2.60. The molecule has 2 aromatic carbocycles. The minimum Gasteiger partial charge on any atom is -0.539 e. The van der Waals surface area contributed by atoms with Crippen molar-refractivity contribution in [1.82, 2.24) is 15.2 Å². The summed E-state index contributed by atoms with van der Waals surface area (Å²) in [6.45, 7) is 0. The highest BCUT2D eigenvalue weighted by atomic mass is 32.2. The molecule has 0 atom stereocenters. The molecule has 1 N–H and O–H groups in total. The SMILES string of the molecule is C[n+]1noc([O-])c1C(=O)CSc1nc(-c2ccccc2)c(-c2ccccc2)[nH]1. The Morgan fingerprint density at radius 2 is 1.75 bits per heavy atom. The van der Waals surface area contributed by atoms with Crippen molar-refractivity contribution in [3.63, 3.8) is 0 Å². The Morgan fingerprint density at radius 1 is 1.11 bits per heavy atom. The maximum absolute atomic E-state index is 12.4. The normalized spacial score (nSPS) is 10.9. The van der Waals surface area contributed by atoms with E-state index in [-0.39, 0.29) is 17.2 Å². The topological polar surface area (TPSA) is 98.7 Å². The highest BCUT2D eigenvalue weighted by Crippen LogP contribution is 2.32. The van der Waals surface area contributed by atoms with Gasteiger partial charge in [-0.15, -0.1) is 0 Å². The number of aryl methyl sites for hydroxylation is 1. The van der Waals surface area contributed by atoms with E-state index in [2.05, 4.69) is 19.8 Å². The molecular formula is C20H16N4O3S. The summed E-state index contributed by atoms with van der Waals surface area (Å²) in [5.41, 5.74) is 3.58. The monoisotopic (exact) mass is 392 g/mol. The summed E-state index contributed by atoms with van der Waals surface area (Å²) < 4.78 is 5.66. The number of nitrogens with zero attached hydrogens (tertiary/aromatic N) is 3. The Bertz CT molecular complexity index is 1030. The van der Waals surface area contributed by atoms with Crippen molar-refractivity contribution in [2.45, 2.75) is 5.16 Å². The zero-order valence-electron chi connectivity index (χ0n) is 15.0. The van der Waals surface area contributed by atoms with Gasteiger partial charge in [0.1, 0.15) is 0 Å². The molecule has 2 heterocycles. The Labute approximate surface area is 165 Å². The van der Waals surface area contributed by atoms with Gasteiger partial charge in [-0.2, -0.15) is 0 Å². The highest BCUT2D eigenvalue weighted by molar-refractivity contribution is 7.99. The number of carbonyl (C=O) groups excluding carboxylic acids is 1. The fourth-order valence-corrected chi connectivity index (χ4v) is 3.58. The highest BCUT2D eigenvalue weighted by Gasteiger charge is 2.23. The number of ketones is 1. The van der Waals surface area contributed by atoms with Crippen LogP contribution >= 0.6 is 11.8 Å². The van der Waals surface area contributed by atoms with Crippen LogP contribution in [-0.2, 0) is 7.05 Å². The summed E-state index contributed by atoms with van der Waals surface area (Å²) in [6.07, 6.45) is 0. The molecule has 7 nitrogen and oxygen atoms in total. The first-order chi connectivity index (χ1) is 13.6. The fourth-order valence-electron chi connectivity index (χ4n) is 2.85. The minimum atomic E-state index is -0.734. The third-order valence-corrected chi connectivity index (χ3v) is 5.03. The van der Waals surface area contributed by atoms with Gasteiger partial charge in [0.05, 0.1) is 22.4 Å². The number of benzene rings is 2. The van der Waals surface area contributed by atoms with E-state index in [9.17, 15) is 9.90 Å². The van der Waals surface area contributed by atoms with Crippen molar-refractivity contribution in [3.05, 3.63) is 66.4 Å². The van der Waals surface area contributed by atoms with Crippen molar-refractivity contribution in [2.24, 2.45) is 7.05 Å². The molecule has 0 amide bonds. The average Bonchev–Trinajstić information content (AvgIpc) is 3.31. The molecule has 0 spiro atoms. The summed E-state index contributed by atoms with van der Waals surface area (Å²) in [6, 6.07) is 19.7. The average molecular weight is 392 g/mol. The summed E-state index contributed by atoms with van der Waals surface area (Å²) in [7, 11) is 1.50. The second kappa shape index (κ2) is 7.69. The maximum atomic E-state index is 12.4. The standard InChI is InChI=1S/C20H16N4O3S/c1-24-18(19(26)27-23-24)15(25)12-28-20-21-16(13-8-4-2-5-9-13)17(22-20)14-10-6-3-7-11-14/h2-11H,12H2,1H3,(H-,21,22,23,25,26). The molecule has 4 rings (SSSR count). The second-order valence-electron chi connectivity index (χ2n) is 6.04. The first-order valence-electron chi connectivity index (χ1n) is 8.53. The van der Waals surface area contributed by atoms with Gasteiger partial charge in [-0.25, -0.2) is 4.98 Å². The number of hydrogen-bond donors (Lipinski definition) is 1. The van der Waals surface area contributed by atoms with E-state index in [4.69, 9.17) is 0 Å². The molecule has 0 aliphatic carbocycles. The Morgan fingerprint density at radius 3 is 2.36 bits per heavy atom. The van der Waals surface area contributed by atoms with Crippen molar-refractivity contribution < 1.29 is 19.1 Å². The molecule has 8 heteroatoms. The number of hydrogen-bond acceptors (Lipinski definition) is 6. The van der Waals surface area contributed by atoms with Crippen molar-refractivity contribution in [2.75, 3.05) is 5.75 Å². The molecular weight excluding hydrogens is 376 g/mol. The largest absolute Gasteiger partial charge is 0.539 e. The van der Waals surface area contributed by atoms with Crippen LogP contribution < -0.4 is 9.79 Å². The van der Waals surface area contributed by atoms with Crippen LogP contribution in [0.5, 0.6) is 5.95 Å². The Hall–Kier alpha value is -3.39. The number of imidazole rings is 1. The number of aromatic nitrogens is 4. The zero-order chi connectivity index (χ0) is 19.5. The molecule has 0 radical (unpaired) electrons. The van der Waals surface area contributed by atoms with Gasteiger partial charge in [-0.1, -0.05) is 77.1 Å². The number of H-pyrrole nitrogens is 1. The summed E-state index contributed by atoms with van der Waals surface area (Å²) >= 11 is 1.23. The summed E-state index contributed by atoms with van der Waals surface area (Å²) in [5.74, 6) is -1.06. The van der Waals surface area contributed by atoms with Gasteiger partial charge in [0.2, 0.25) is 5.78 Å². The van der Waals surface area contributed by atoms with Gasteiger partial charge in [0, 0.05) is 11.1 Å². The molecule has 0 bridgehead atoms. The van der Waals surface area contributed by atoms with Crippen LogP contribution in [0.15, 0.2) is 70.3 Å². The summed E-state index contributed by atoms with van der Waals surface area (Å²) in [4.78, 5) is 20.4. The third-order valence-electron chi connectivity index (χ3n) is 4.16. The Kier molecular flexibility index (Phi) is 4.94. The van der Waals surface area contributed by atoms with Gasteiger partial charge in [0.25, 0.3) is 5.69 Å². The quantitative estimate of drug-likeness (QED) is 0.308. The molecule has 0 unspecified atom stereocenters. The van der Waals surface area contributed by atoms with Crippen LogP contribution in [0.25, 0.3) is 22.5 Å². The van der Waals surface area contributed by atoms with Gasteiger partial charge < -0.3 is 14.6 Å². The van der Waals surface area contributed by atoms with Gasteiger partial charge in [-0.05, 0) is 0 Å². The van der Waals surface area contributed by atoms with Crippen LogP contribution in [0.4, 0.5) is 0 Å². The van der Waals surface area contributed by atoms with Crippen LogP contribution in [0.1, 0.15) is 10.5 Å². The second-order valence-corrected chi connectivity index (χ2v) is 7.01. The van der Waals surface area contributed by atoms with E-state index >= 15 is 0 Å². The van der Waals surface area contributed by atoms with Crippen molar-refractivity contribution in [3.8, 4) is 28.5 Å². The number of rotatable bonds is 6. The van der Waals surface area contributed by atoms with E-state index in [1.165, 1.54) is 18.8 Å². The van der Waals surface area contributed by atoms with Crippen LogP contribution in [-0.4, -0.2) is 26.8 Å². The first kappa shape index (κ1) is 18.0. The van der Waals surface area contributed by atoms with Crippen LogP contribution in [0.3, 0.4) is 0 Å². The number of aromatic amines is 1. The van der Waals surface area contributed by atoms with Crippen molar-refractivity contribution >= 4 is 17.5 Å². The number of nitrogens with one attached hydrogen (secondary N) is 1. The molecule has 0 saturated carbocycles.